The minimum Gasteiger partial charge on any atom is -0.478 e. The minimum absolute atomic E-state index is 0.303. The normalized spacial score (nSPS) is 15.9. The van der Waals surface area contributed by atoms with Crippen molar-refractivity contribution in [2.45, 2.75) is 45.7 Å². The molecule has 0 amide bonds. The van der Waals surface area contributed by atoms with Crippen LogP contribution in [-0.2, 0) is 20.9 Å². The van der Waals surface area contributed by atoms with Gasteiger partial charge in [-0.15, -0.1) is 0 Å². The molecule has 0 radical (unpaired) electrons. The van der Waals surface area contributed by atoms with Crippen molar-refractivity contribution in [2.24, 2.45) is 5.92 Å². The molecular weight excluding hydrogens is 500 g/mol. The third-order valence-corrected chi connectivity index (χ3v) is 6.80. The molecule has 2 heterocycles. The summed E-state index contributed by atoms with van der Waals surface area (Å²) in [7, 11) is 0. The molecule has 0 spiro atoms. The quantitative estimate of drug-likeness (QED) is 0.351. The highest BCUT2D eigenvalue weighted by Gasteiger charge is 2.26. The molecule has 0 aromatic heterocycles. The predicted molar refractivity (Wildman–Crippen MR) is 149 cm³/mol. The predicted octanol–water partition coefficient (Wildman–Crippen LogP) is 4.66. The summed E-state index contributed by atoms with van der Waals surface area (Å²) >= 11 is 0. The monoisotopic (exact) mass is 540 g/mol. The molecule has 39 heavy (non-hydrogen) atoms. The van der Waals surface area contributed by atoms with Gasteiger partial charge in [0.25, 0.3) is 0 Å². The van der Waals surface area contributed by atoms with Gasteiger partial charge < -0.3 is 29.3 Å². The van der Waals surface area contributed by atoms with Crippen molar-refractivity contribution >= 4 is 17.6 Å². The number of hydrogen-bond donors (Lipinski definition) is 2. The third-order valence-electron chi connectivity index (χ3n) is 6.80. The highest BCUT2D eigenvalue weighted by Crippen LogP contribution is 2.36. The van der Waals surface area contributed by atoms with Crippen molar-refractivity contribution in [3.05, 3.63) is 66.2 Å². The molecule has 0 saturated carbocycles. The minimum atomic E-state index is -1.26. The molecule has 212 valence electrons. The van der Waals surface area contributed by atoms with Crippen molar-refractivity contribution in [3.63, 3.8) is 0 Å². The molecule has 0 aliphatic carbocycles. The van der Waals surface area contributed by atoms with Gasteiger partial charge in [0.1, 0.15) is 0 Å². The van der Waals surface area contributed by atoms with E-state index in [2.05, 4.69) is 66.1 Å². The van der Waals surface area contributed by atoms with Crippen LogP contribution < -0.4 is 14.4 Å². The fraction of sp³-hybridized carbons (Fsp3) is 0.467. The first kappa shape index (κ1) is 30.0. The van der Waals surface area contributed by atoms with E-state index in [1.54, 1.807) is 0 Å². The Balaban J connectivity index is 0.000000459. The number of nitrogens with zero attached hydrogens (tertiary/aromatic N) is 2. The number of carboxylic acid groups (broad SMARTS) is 2. The Bertz CT molecular complexity index is 1050. The van der Waals surface area contributed by atoms with E-state index in [4.69, 9.17) is 24.4 Å². The number of fused-ring (bicyclic) bond motifs is 1. The smallest absolute Gasteiger partial charge is 0.328 e. The average molecular weight is 541 g/mol. The molecule has 2 unspecified atom stereocenters. The van der Waals surface area contributed by atoms with E-state index in [0.29, 0.717) is 30.9 Å². The third kappa shape index (κ3) is 10.3. The number of ether oxygens (including phenoxy) is 3. The lowest BCUT2D eigenvalue weighted by Gasteiger charge is -2.34. The maximum absolute atomic E-state index is 9.55. The number of likely N-dealkylation sites (tertiary alicyclic amines) is 1. The first-order valence-corrected chi connectivity index (χ1v) is 13.5. The lowest BCUT2D eigenvalue weighted by molar-refractivity contribution is -0.134. The first-order chi connectivity index (χ1) is 18.9. The fourth-order valence-electron chi connectivity index (χ4n) is 4.45. The molecule has 2 aromatic rings. The Morgan fingerprint density at radius 1 is 1.00 bits per heavy atom. The zero-order valence-corrected chi connectivity index (χ0v) is 22.8. The fourth-order valence-corrected chi connectivity index (χ4v) is 4.45. The van der Waals surface area contributed by atoms with Crippen LogP contribution in [0.1, 0.15) is 38.7 Å². The Morgan fingerprint density at radius 3 is 2.31 bits per heavy atom. The van der Waals surface area contributed by atoms with Crippen LogP contribution in [0.3, 0.4) is 0 Å². The van der Waals surface area contributed by atoms with Gasteiger partial charge >= 0.3 is 11.9 Å². The van der Waals surface area contributed by atoms with E-state index < -0.39 is 11.9 Å². The Morgan fingerprint density at radius 2 is 1.67 bits per heavy atom. The standard InChI is InChI=1S/C26H36N2O3.C4H4O4/c1-3-21(2)18-29-19-24(27-13-7-8-14-27)17-28(16-22-9-5-4-6-10-22)23-11-12-25-26(15-23)31-20-30-25;5-3(6)1-2-4(7)8/h4-6,9-12,15,21,24H,3,7-8,13-14,16-20H2,1-2H3;1-2H,(H,5,6)(H,7,8)/b;2-1+. The highest BCUT2D eigenvalue weighted by molar-refractivity contribution is 5.89. The van der Waals surface area contributed by atoms with Gasteiger partial charge in [-0.2, -0.15) is 0 Å². The SMILES string of the molecule is CCC(C)COCC(CN(Cc1ccccc1)c1ccc2c(c1)OCO2)N1CCCC1.O=C(O)/C=C/C(=O)O. The van der Waals surface area contributed by atoms with Gasteiger partial charge in [0.15, 0.2) is 11.5 Å². The second kappa shape index (κ2) is 15.8. The lowest BCUT2D eigenvalue weighted by Crippen LogP contribution is -2.45. The molecular formula is C30H40N2O7. The molecule has 4 rings (SSSR count). The van der Waals surface area contributed by atoms with Crippen LogP contribution in [0.5, 0.6) is 11.5 Å². The molecule has 1 saturated heterocycles. The Labute approximate surface area is 230 Å². The lowest BCUT2D eigenvalue weighted by atomic mass is 10.1. The van der Waals surface area contributed by atoms with Gasteiger partial charge in [-0.05, 0) is 49.5 Å². The summed E-state index contributed by atoms with van der Waals surface area (Å²) in [6, 6.07) is 17.4. The topological polar surface area (TPSA) is 109 Å². The van der Waals surface area contributed by atoms with E-state index >= 15 is 0 Å². The van der Waals surface area contributed by atoms with Crippen LogP contribution in [0.4, 0.5) is 5.69 Å². The number of benzene rings is 2. The molecule has 9 nitrogen and oxygen atoms in total. The van der Waals surface area contributed by atoms with Crippen LogP contribution in [0.2, 0.25) is 0 Å². The molecule has 9 heteroatoms. The molecule has 2 N–H and O–H groups in total. The Kier molecular flexibility index (Phi) is 12.1. The van der Waals surface area contributed by atoms with Gasteiger partial charge in [-0.1, -0.05) is 50.6 Å². The maximum Gasteiger partial charge on any atom is 0.328 e. The van der Waals surface area contributed by atoms with E-state index in [9.17, 15) is 9.59 Å². The number of aliphatic carboxylic acids is 2. The second-order valence-corrected chi connectivity index (χ2v) is 9.86. The van der Waals surface area contributed by atoms with Crippen molar-refractivity contribution in [1.29, 1.82) is 0 Å². The van der Waals surface area contributed by atoms with Crippen LogP contribution >= 0.6 is 0 Å². The molecule has 2 aliphatic rings. The summed E-state index contributed by atoms with van der Waals surface area (Å²) in [5.74, 6) is -0.244. The van der Waals surface area contributed by atoms with Crippen molar-refractivity contribution in [1.82, 2.24) is 4.90 Å². The van der Waals surface area contributed by atoms with Crippen LogP contribution in [0.15, 0.2) is 60.7 Å². The molecule has 1 fully saturated rings. The molecule has 0 bridgehead atoms. The van der Waals surface area contributed by atoms with Crippen LogP contribution in [-0.4, -0.2) is 72.7 Å². The molecule has 2 atom stereocenters. The maximum atomic E-state index is 9.55. The largest absolute Gasteiger partial charge is 0.478 e. The summed E-state index contributed by atoms with van der Waals surface area (Å²) in [4.78, 5) is 24.2. The summed E-state index contributed by atoms with van der Waals surface area (Å²) in [6.45, 7) is 10.5. The van der Waals surface area contributed by atoms with Crippen molar-refractivity contribution in [3.8, 4) is 11.5 Å². The summed E-state index contributed by atoms with van der Waals surface area (Å²) in [5, 5.41) is 15.6. The first-order valence-electron chi connectivity index (χ1n) is 13.5. The number of carboxylic acids is 2. The van der Waals surface area contributed by atoms with Gasteiger partial charge in [0, 0.05) is 43.6 Å². The second-order valence-electron chi connectivity index (χ2n) is 9.86. The number of rotatable bonds is 13. The van der Waals surface area contributed by atoms with Crippen molar-refractivity contribution in [2.75, 3.05) is 44.5 Å². The summed E-state index contributed by atoms with van der Waals surface area (Å²) in [6.07, 6.45) is 4.84. The van der Waals surface area contributed by atoms with E-state index in [1.165, 1.54) is 24.1 Å². The number of carbonyl (C=O) groups is 2. The zero-order chi connectivity index (χ0) is 28.0. The van der Waals surface area contributed by atoms with Gasteiger partial charge in [0.05, 0.1) is 12.6 Å². The number of anilines is 1. The van der Waals surface area contributed by atoms with Gasteiger partial charge in [0.2, 0.25) is 6.79 Å². The van der Waals surface area contributed by atoms with Crippen LogP contribution in [0, 0.1) is 5.92 Å². The van der Waals surface area contributed by atoms with Gasteiger partial charge in [-0.3, -0.25) is 4.90 Å². The summed E-state index contributed by atoms with van der Waals surface area (Å²) in [5.41, 5.74) is 2.47. The van der Waals surface area contributed by atoms with Crippen molar-refractivity contribution < 1.29 is 34.0 Å². The van der Waals surface area contributed by atoms with Gasteiger partial charge in [-0.25, -0.2) is 9.59 Å². The van der Waals surface area contributed by atoms with E-state index in [0.717, 1.165) is 57.3 Å². The van der Waals surface area contributed by atoms with E-state index in [1.807, 2.05) is 6.07 Å². The highest BCUT2D eigenvalue weighted by atomic mass is 16.7. The molecule has 2 aliphatic heterocycles. The zero-order valence-electron chi connectivity index (χ0n) is 22.8. The molecule has 2 aromatic carbocycles. The summed E-state index contributed by atoms with van der Waals surface area (Å²) < 4.78 is 17.4. The Hall–Kier alpha value is -3.56. The van der Waals surface area contributed by atoms with Crippen LogP contribution in [0.25, 0.3) is 0 Å². The number of hydrogen-bond acceptors (Lipinski definition) is 7. The average Bonchev–Trinajstić information content (AvgIpc) is 3.64. The van der Waals surface area contributed by atoms with E-state index in [-0.39, 0.29) is 0 Å².